The van der Waals surface area contributed by atoms with E-state index in [-0.39, 0.29) is 17.9 Å². The van der Waals surface area contributed by atoms with Crippen molar-refractivity contribution in [3.8, 4) is 0 Å². The van der Waals surface area contributed by atoms with Crippen LogP contribution in [0.4, 0.5) is 5.82 Å². The average molecular weight is 437 g/mol. The van der Waals surface area contributed by atoms with Gasteiger partial charge in [-0.3, -0.25) is 14.5 Å². The molecular weight excluding hydrogens is 404 g/mol. The second kappa shape index (κ2) is 8.98. The molecule has 1 atom stereocenters. The second-order valence-electron chi connectivity index (χ2n) is 9.32. The van der Waals surface area contributed by atoms with Crippen molar-refractivity contribution in [2.24, 2.45) is 0 Å². The van der Waals surface area contributed by atoms with Gasteiger partial charge in [0.25, 0.3) is 5.91 Å². The van der Waals surface area contributed by atoms with Crippen LogP contribution >= 0.6 is 0 Å². The van der Waals surface area contributed by atoms with Crippen LogP contribution in [0.1, 0.15) is 68.2 Å². The third-order valence-corrected chi connectivity index (χ3v) is 6.38. The first-order chi connectivity index (χ1) is 15.3. The molecule has 2 amide bonds. The van der Waals surface area contributed by atoms with Crippen LogP contribution in [0.5, 0.6) is 0 Å². The molecule has 0 aliphatic carbocycles. The summed E-state index contributed by atoms with van der Waals surface area (Å²) in [4.78, 5) is 38.7. The molecule has 0 spiro atoms. The van der Waals surface area contributed by atoms with Gasteiger partial charge in [-0.2, -0.15) is 0 Å². The maximum absolute atomic E-state index is 12.8. The normalized spacial score (nSPS) is 18.8. The van der Waals surface area contributed by atoms with Crippen molar-refractivity contribution in [3.63, 3.8) is 0 Å². The largest absolute Gasteiger partial charge is 0.381 e. The summed E-state index contributed by atoms with van der Waals surface area (Å²) in [6, 6.07) is 9.99. The van der Waals surface area contributed by atoms with Crippen LogP contribution in [-0.2, 0) is 22.4 Å². The Morgan fingerprint density at radius 2 is 1.94 bits per heavy atom. The maximum Gasteiger partial charge on any atom is 0.254 e. The van der Waals surface area contributed by atoms with Crippen LogP contribution in [0.3, 0.4) is 0 Å². The minimum absolute atomic E-state index is 0.0884. The van der Waals surface area contributed by atoms with Crippen molar-refractivity contribution < 1.29 is 14.7 Å². The molecule has 1 saturated heterocycles. The standard InChI is InChI=1S/C25H32N4O3/c1-17-19-13-14-21(30)29(16-7-11-18-9-5-4-6-10-18)23(19)27-22(26-17)20-12-8-15-28(20)24(31)25(2,3)32/h4-6,9-10,20,32H,7-8,11-16H2,1-3H3/t20-/m1/s1. The maximum atomic E-state index is 12.8. The van der Waals surface area contributed by atoms with Crippen LogP contribution in [-0.4, -0.2) is 50.5 Å². The quantitative estimate of drug-likeness (QED) is 0.752. The van der Waals surface area contributed by atoms with E-state index in [4.69, 9.17) is 9.97 Å². The lowest BCUT2D eigenvalue weighted by Crippen LogP contribution is -2.45. The van der Waals surface area contributed by atoms with E-state index in [1.807, 2.05) is 25.1 Å². The van der Waals surface area contributed by atoms with Gasteiger partial charge < -0.3 is 10.0 Å². The number of carbonyl (C=O) groups is 2. The first kappa shape index (κ1) is 22.4. The Labute approximate surface area is 189 Å². The Morgan fingerprint density at radius 1 is 1.19 bits per heavy atom. The summed E-state index contributed by atoms with van der Waals surface area (Å²) in [5.41, 5.74) is 1.70. The average Bonchev–Trinajstić information content (AvgIpc) is 3.24. The molecule has 1 aromatic carbocycles. The zero-order valence-electron chi connectivity index (χ0n) is 19.2. The zero-order valence-corrected chi connectivity index (χ0v) is 19.2. The second-order valence-corrected chi connectivity index (χ2v) is 9.32. The molecule has 1 N–H and O–H groups in total. The predicted octanol–water partition coefficient (Wildman–Crippen LogP) is 3.13. The SMILES string of the molecule is Cc1nc([C@H]2CCCN2C(=O)C(C)(C)O)nc2c1CCC(=O)N2CCCc1ccccc1. The molecule has 2 aliphatic heterocycles. The number of aryl methyl sites for hydroxylation is 2. The van der Waals surface area contributed by atoms with Gasteiger partial charge in [0.15, 0.2) is 5.82 Å². The summed E-state index contributed by atoms with van der Waals surface area (Å²) in [6.45, 7) is 6.16. The van der Waals surface area contributed by atoms with Gasteiger partial charge in [-0.05, 0) is 58.4 Å². The molecule has 0 radical (unpaired) electrons. The highest BCUT2D eigenvalue weighted by Gasteiger charge is 2.39. The summed E-state index contributed by atoms with van der Waals surface area (Å²) in [6.07, 6.45) is 4.45. The van der Waals surface area contributed by atoms with Gasteiger partial charge in [-0.25, -0.2) is 9.97 Å². The van der Waals surface area contributed by atoms with Crippen molar-refractivity contribution in [2.75, 3.05) is 18.0 Å². The number of amides is 2. The fraction of sp³-hybridized carbons (Fsp3) is 0.520. The van der Waals surface area contributed by atoms with E-state index in [9.17, 15) is 14.7 Å². The smallest absolute Gasteiger partial charge is 0.254 e. The fourth-order valence-corrected chi connectivity index (χ4v) is 4.70. The number of likely N-dealkylation sites (tertiary alicyclic amines) is 1. The first-order valence-corrected chi connectivity index (χ1v) is 11.5. The highest BCUT2D eigenvalue weighted by atomic mass is 16.3. The van der Waals surface area contributed by atoms with Crippen LogP contribution in [0.25, 0.3) is 0 Å². The van der Waals surface area contributed by atoms with E-state index in [1.165, 1.54) is 19.4 Å². The van der Waals surface area contributed by atoms with Crippen molar-refractivity contribution >= 4 is 17.6 Å². The van der Waals surface area contributed by atoms with Crippen molar-refractivity contribution in [1.29, 1.82) is 0 Å². The molecule has 32 heavy (non-hydrogen) atoms. The number of nitrogens with zero attached hydrogens (tertiary/aromatic N) is 4. The number of anilines is 1. The van der Waals surface area contributed by atoms with E-state index in [2.05, 4.69) is 12.1 Å². The minimum Gasteiger partial charge on any atom is -0.381 e. The highest BCUT2D eigenvalue weighted by molar-refractivity contribution is 5.95. The Balaban J connectivity index is 1.59. The molecule has 1 aromatic heterocycles. The highest BCUT2D eigenvalue weighted by Crippen LogP contribution is 2.35. The monoisotopic (exact) mass is 436 g/mol. The van der Waals surface area contributed by atoms with Crippen LogP contribution in [0.15, 0.2) is 30.3 Å². The minimum atomic E-state index is -1.44. The molecule has 170 valence electrons. The van der Waals surface area contributed by atoms with Gasteiger partial charge in [0, 0.05) is 30.8 Å². The number of aromatic nitrogens is 2. The number of rotatable bonds is 6. The molecular formula is C25H32N4O3. The zero-order chi connectivity index (χ0) is 22.9. The first-order valence-electron chi connectivity index (χ1n) is 11.5. The third-order valence-electron chi connectivity index (χ3n) is 6.38. The lowest BCUT2D eigenvalue weighted by atomic mass is 10.0. The van der Waals surface area contributed by atoms with Crippen molar-refractivity contribution in [2.45, 2.75) is 70.9 Å². The number of benzene rings is 1. The van der Waals surface area contributed by atoms with E-state index < -0.39 is 5.60 Å². The molecule has 2 aliphatic rings. The molecule has 0 saturated carbocycles. The summed E-state index contributed by atoms with van der Waals surface area (Å²) in [5, 5.41) is 10.2. The number of hydrogen-bond acceptors (Lipinski definition) is 5. The van der Waals surface area contributed by atoms with E-state index in [0.717, 1.165) is 36.9 Å². The van der Waals surface area contributed by atoms with Gasteiger partial charge in [-0.1, -0.05) is 30.3 Å². The number of hydrogen-bond donors (Lipinski definition) is 1. The molecule has 2 aromatic rings. The molecule has 0 unspecified atom stereocenters. The Kier molecular flexibility index (Phi) is 6.29. The lowest BCUT2D eigenvalue weighted by Gasteiger charge is -2.32. The van der Waals surface area contributed by atoms with E-state index >= 15 is 0 Å². The Morgan fingerprint density at radius 3 is 2.66 bits per heavy atom. The Bertz CT molecular complexity index is 1000. The summed E-state index contributed by atoms with van der Waals surface area (Å²) in [7, 11) is 0. The number of aliphatic hydroxyl groups is 1. The van der Waals surface area contributed by atoms with Crippen molar-refractivity contribution in [3.05, 3.63) is 53.0 Å². The topological polar surface area (TPSA) is 86.6 Å². The molecule has 4 rings (SSSR count). The van der Waals surface area contributed by atoms with E-state index in [1.54, 1.807) is 9.80 Å². The fourth-order valence-electron chi connectivity index (χ4n) is 4.70. The van der Waals surface area contributed by atoms with Crippen LogP contribution < -0.4 is 4.90 Å². The van der Waals surface area contributed by atoms with Gasteiger partial charge in [-0.15, -0.1) is 0 Å². The van der Waals surface area contributed by atoms with Gasteiger partial charge in [0.1, 0.15) is 11.4 Å². The number of fused-ring (bicyclic) bond motifs is 1. The number of carbonyl (C=O) groups excluding carboxylic acids is 2. The molecule has 1 fully saturated rings. The van der Waals surface area contributed by atoms with Gasteiger partial charge in [0.2, 0.25) is 5.91 Å². The molecule has 7 nitrogen and oxygen atoms in total. The van der Waals surface area contributed by atoms with Crippen LogP contribution in [0, 0.1) is 6.92 Å². The summed E-state index contributed by atoms with van der Waals surface area (Å²) < 4.78 is 0. The third kappa shape index (κ3) is 4.53. The van der Waals surface area contributed by atoms with Gasteiger partial charge >= 0.3 is 0 Å². The Hall–Kier alpha value is -2.80. The summed E-state index contributed by atoms with van der Waals surface area (Å²) in [5.74, 6) is 1.04. The van der Waals surface area contributed by atoms with E-state index in [0.29, 0.717) is 37.6 Å². The molecule has 3 heterocycles. The summed E-state index contributed by atoms with van der Waals surface area (Å²) >= 11 is 0. The predicted molar refractivity (Wildman–Crippen MR) is 122 cm³/mol. The molecule has 7 heteroatoms. The van der Waals surface area contributed by atoms with Gasteiger partial charge in [0.05, 0.1) is 6.04 Å². The molecule has 0 bridgehead atoms. The van der Waals surface area contributed by atoms with Crippen LogP contribution in [0.2, 0.25) is 0 Å². The van der Waals surface area contributed by atoms with Crippen molar-refractivity contribution in [1.82, 2.24) is 14.9 Å². The lowest BCUT2D eigenvalue weighted by molar-refractivity contribution is -0.149.